The van der Waals surface area contributed by atoms with E-state index in [1.54, 1.807) is 6.07 Å². The van der Waals surface area contributed by atoms with Gasteiger partial charge in [0.25, 0.3) is 5.69 Å². The average Bonchev–Trinajstić information content (AvgIpc) is 2.59. The van der Waals surface area contributed by atoms with Gasteiger partial charge >= 0.3 is 0 Å². The van der Waals surface area contributed by atoms with Gasteiger partial charge in [-0.3, -0.25) is 10.1 Å². The molecule has 2 rings (SSSR count). The average molecular weight is 424 g/mol. The van der Waals surface area contributed by atoms with Gasteiger partial charge in [-0.1, -0.05) is 12.1 Å². The van der Waals surface area contributed by atoms with E-state index in [4.69, 9.17) is 0 Å². The van der Waals surface area contributed by atoms with E-state index in [9.17, 15) is 20.3 Å². The lowest BCUT2D eigenvalue weighted by Crippen LogP contribution is -2.30. The maximum absolute atomic E-state index is 10.9. The van der Waals surface area contributed by atoms with Crippen LogP contribution < -0.4 is 0 Å². The number of halogens is 1. The topological polar surface area (TPSA) is 90.1 Å². The minimum atomic E-state index is -0.471. The van der Waals surface area contributed by atoms with Crippen molar-refractivity contribution in [1.82, 2.24) is 9.80 Å². The van der Waals surface area contributed by atoms with E-state index in [0.717, 1.165) is 12.1 Å². The molecule has 0 heterocycles. The zero-order valence-electron chi connectivity index (χ0n) is 14.7. The number of aromatic hydroxyl groups is 2. The van der Waals surface area contributed by atoms with Crippen LogP contribution in [0.25, 0.3) is 0 Å². The van der Waals surface area contributed by atoms with Crippen molar-refractivity contribution in [2.75, 3.05) is 27.2 Å². The van der Waals surface area contributed by atoms with E-state index in [-0.39, 0.29) is 17.2 Å². The molecule has 0 atom stereocenters. The summed E-state index contributed by atoms with van der Waals surface area (Å²) in [6.07, 6.45) is 0. The van der Waals surface area contributed by atoms with Crippen LogP contribution in [0.15, 0.2) is 40.9 Å². The number of nitro benzene ring substituents is 1. The van der Waals surface area contributed by atoms with Crippen LogP contribution in [0.1, 0.15) is 11.1 Å². The maximum atomic E-state index is 10.9. The van der Waals surface area contributed by atoms with Crippen LogP contribution >= 0.6 is 15.9 Å². The van der Waals surface area contributed by atoms with Crippen molar-refractivity contribution < 1.29 is 15.1 Å². The molecule has 0 saturated heterocycles. The fraction of sp³-hybridized carbons (Fsp3) is 0.333. The number of rotatable bonds is 8. The van der Waals surface area contributed by atoms with Crippen molar-refractivity contribution in [3.05, 3.63) is 62.1 Å². The quantitative estimate of drug-likeness (QED) is 0.499. The Labute approximate surface area is 160 Å². The monoisotopic (exact) mass is 423 g/mol. The SMILES string of the molecule is CN(CCN(C)Cc1cccc(Br)c1O)Cc1cc([N+](=O)[O-])ccc1O. The highest BCUT2D eigenvalue weighted by Crippen LogP contribution is 2.28. The third-order valence-electron chi connectivity index (χ3n) is 4.09. The van der Waals surface area contributed by atoms with E-state index >= 15 is 0 Å². The standard InChI is InChI=1S/C18H22BrN3O4/c1-20(11-13-4-3-5-16(19)18(13)24)8-9-21(2)12-14-10-15(22(25)26)6-7-17(14)23/h3-7,10,23-24H,8-9,11-12H2,1-2H3. The minimum Gasteiger partial charge on any atom is -0.508 e. The van der Waals surface area contributed by atoms with E-state index < -0.39 is 4.92 Å². The number of phenols is 2. The summed E-state index contributed by atoms with van der Waals surface area (Å²) in [5, 5.41) is 30.8. The maximum Gasteiger partial charge on any atom is 0.270 e. The highest BCUT2D eigenvalue weighted by atomic mass is 79.9. The molecule has 0 radical (unpaired) electrons. The summed E-state index contributed by atoms with van der Waals surface area (Å²) in [6.45, 7) is 2.44. The number of hydrogen-bond donors (Lipinski definition) is 2. The summed E-state index contributed by atoms with van der Waals surface area (Å²) in [4.78, 5) is 14.5. The number of hydrogen-bond acceptors (Lipinski definition) is 6. The fourth-order valence-electron chi connectivity index (χ4n) is 2.58. The lowest BCUT2D eigenvalue weighted by Gasteiger charge is -2.22. The van der Waals surface area contributed by atoms with E-state index in [0.29, 0.717) is 29.7 Å². The first-order valence-electron chi connectivity index (χ1n) is 8.07. The predicted octanol–water partition coefficient (Wildman–Crippen LogP) is 3.33. The Morgan fingerprint density at radius 3 is 2.27 bits per heavy atom. The molecular formula is C18H22BrN3O4. The first-order chi connectivity index (χ1) is 12.3. The van der Waals surface area contributed by atoms with Crippen LogP contribution in [0.5, 0.6) is 11.5 Å². The molecule has 2 N–H and O–H groups in total. The number of para-hydroxylation sites is 1. The molecule has 0 aromatic heterocycles. The summed E-state index contributed by atoms with van der Waals surface area (Å²) in [5.74, 6) is 0.295. The second-order valence-corrected chi connectivity index (χ2v) is 7.15. The van der Waals surface area contributed by atoms with Gasteiger partial charge in [0.15, 0.2) is 0 Å². The van der Waals surface area contributed by atoms with Crippen LogP contribution in [0, 0.1) is 10.1 Å². The zero-order chi connectivity index (χ0) is 19.3. The molecule has 0 saturated carbocycles. The predicted molar refractivity (Wildman–Crippen MR) is 103 cm³/mol. The van der Waals surface area contributed by atoms with Crippen molar-refractivity contribution >= 4 is 21.6 Å². The van der Waals surface area contributed by atoms with Crippen molar-refractivity contribution in [2.24, 2.45) is 0 Å². The van der Waals surface area contributed by atoms with Gasteiger partial charge in [-0.25, -0.2) is 0 Å². The number of benzene rings is 2. The van der Waals surface area contributed by atoms with Gasteiger partial charge in [-0.2, -0.15) is 0 Å². The third kappa shape index (κ3) is 5.42. The Kier molecular flexibility index (Phi) is 6.96. The molecule has 140 valence electrons. The summed E-state index contributed by atoms with van der Waals surface area (Å²) in [6, 6.07) is 9.58. The van der Waals surface area contributed by atoms with Gasteiger partial charge in [-0.05, 0) is 42.2 Å². The van der Waals surface area contributed by atoms with Crippen molar-refractivity contribution in [3.63, 3.8) is 0 Å². The molecule has 0 aliphatic carbocycles. The number of likely N-dealkylation sites (N-methyl/N-ethyl adjacent to an activating group) is 2. The molecular weight excluding hydrogens is 402 g/mol. The molecule has 0 aliphatic rings. The second-order valence-electron chi connectivity index (χ2n) is 6.29. The van der Waals surface area contributed by atoms with Crippen molar-refractivity contribution in [3.8, 4) is 11.5 Å². The second kappa shape index (κ2) is 8.98. The van der Waals surface area contributed by atoms with Crippen molar-refractivity contribution in [2.45, 2.75) is 13.1 Å². The summed E-state index contributed by atoms with van der Waals surface area (Å²) >= 11 is 3.31. The van der Waals surface area contributed by atoms with Gasteiger partial charge in [-0.15, -0.1) is 0 Å². The number of non-ortho nitro benzene ring substituents is 1. The molecule has 7 nitrogen and oxygen atoms in total. The van der Waals surface area contributed by atoms with Gasteiger partial charge in [0, 0.05) is 49.4 Å². The molecule has 0 aliphatic heterocycles. The zero-order valence-corrected chi connectivity index (χ0v) is 16.3. The Morgan fingerprint density at radius 2 is 1.65 bits per heavy atom. The first-order valence-corrected chi connectivity index (χ1v) is 8.87. The molecule has 0 spiro atoms. The molecule has 0 amide bonds. The summed E-state index contributed by atoms with van der Waals surface area (Å²) in [7, 11) is 3.85. The Balaban J connectivity index is 1.90. The number of nitrogens with zero attached hydrogens (tertiary/aromatic N) is 3. The largest absolute Gasteiger partial charge is 0.508 e. The lowest BCUT2D eigenvalue weighted by molar-refractivity contribution is -0.385. The number of nitro groups is 1. The molecule has 8 heteroatoms. The van der Waals surface area contributed by atoms with E-state index in [2.05, 4.69) is 20.8 Å². The highest BCUT2D eigenvalue weighted by Gasteiger charge is 2.13. The van der Waals surface area contributed by atoms with E-state index in [1.165, 1.54) is 18.2 Å². The third-order valence-corrected chi connectivity index (χ3v) is 4.73. The molecule has 26 heavy (non-hydrogen) atoms. The lowest BCUT2D eigenvalue weighted by atomic mass is 10.1. The fourth-order valence-corrected chi connectivity index (χ4v) is 2.99. The van der Waals surface area contributed by atoms with Gasteiger partial charge in [0.1, 0.15) is 11.5 Å². The molecule has 2 aromatic carbocycles. The van der Waals surface area contributed by atoms with Gasteiger partial charge in [0.05, 0.1) is 9.40 Å². The van der Waals surface area contributed by atoms with Crippen LogP contribution in [-0.4, -0.2) is 52.1 Å². The molecule has 0 unspecified atom stereocenters. The summed E-state index contributed by atoms with van der Waals surface area (Å²) < 4.78 is 0.668. The molecule has 2 aromatic rings. The molecule has 0 fully saturated rings. The van der Waals surface area contributed by atoms with Gasteiger partial charge in [0.2, 0.25) is 0 Å². The van der Waals surface area contributed by atoms with Crippen LogP contribution in [0.2, 0.25) is 0 Å². The number of phenolic OH excluding ortho intramolecular Hbond substituents is 2. The normalized spacial score (nSPS) is 11.3. The highest BCUT2D eigenvalue weighted by molar-refractivity contribution is 9.10. The van der Waals surface area contributed by atoms with Gasteiger partial charge < -0.3 is 20.0 Å². The van der Waals surface area contributed by atoms with E-state index in [1.807, 2.05) is 31.1 Å². The van der Waals surface area contributed by atoms with Crippen LogP contribution in [0.3, 0.4) is 0 Å². The Hall–Kier alpha value is -2.16. The molecule has 0 bridgehead atoms. The first kappa shape index (κ1) is 20.2. The summed E-state index contributed by atoms with van der Waals surface area (Å²) in [5.41, 5.74) is 1.32. The smallest absolute Gasteiger partial charge is 0.270 e. The minimum absolute atomic E-state index is 0.0338. The van der Waals surface area contributed by atoms with Crippen molar-refractivity contribution in [1.29, 1.82) is 0 Å². The van der Waals surface area contributed by atoms with Crippen LogP contribution in [0.4, 0.5) is 5.69 Å². The van der Waals surface area contributed by atoms with Crippen LogP contribution in [-0.2, 0) is 13.1 Å². The Morgan fingerprint density at radius 1 is 1.04 bits per heavy atom. The Bertz CT molecular complexity index is 785.